The van der Waals surface area contributed by atoms with E-state index in [-0.39, 0.29) is 10.8 Å². The fourth-order valence-corrected chi connectivity index (χ4v) is 11.2. The maximum Gasteiger partial charge on any atom is 0.159 e. The highest BCUT2D eigenvalue weighted by molar-refractivity contribution is 6.17. The fourth-order valence-electron chi connectivity index (χ4n) is 11.2. The molecule has 0 amide bonds. The molecule has 4 heterocycles. The van der Waals surface area contributed by atoms with Gasteiger partial charge in [-0.25, -0.2) is 0 Å². The monoisotopic (exact) mass is 934 g/mol. The van der Waals surface area contributed by atoms with Crippen molar-refractivity contribution in [2.75, 3.05) is 9.80 Å². The van der Waals surface area contributed by atoms with Gasteiger partial charge in [0, 0.05) is 77.7 Å². The van der Waals surface area contributed by atoms with E-state index in [0.717, 1.165) is 133 Å². The Hall–Kier alpha value is -8.74. The lowest BCUT2D eigenvalue weighted by atomic mass is 9.86. The number of rotatable bonds is 6. The molecule has 10 aromatic carbocycles. The third-order valence-corrected chi connectivity index (χ3v) is 14.6. The van der Waals surface area contributed by atoms with Crippen molar-refractivity contribution in [3.63, 3.8) is 0 Å². The van der Waals surface area contributed by atoms with E-state index in [1.165, 1.54) is 11.1 Å². The molecule has 72 heavy (non-hydrogen) atoms. The van der Waals surface area contributed by atoms with Gasteiger partial charge in [0.2, 0.25) is 0 Å². The summed E-state index contributed by atoms with van der Waals surface area (Å²) in [4.78, 5) is 4.55. The third kappa shape index (κ3) is 6.48. The topological polar surface area (TPSA) is 59.0 Å². The first-order valence-electron chi connectivity index (χ1n) is 24.8. The van der Waals surface area contributed by atoms with E-state index in [1.54, 1.807) is 0 Å². The van der Waals surface area contributed by atoms with E-state index in [0.29, 0.717) is 0 Å². The summed E-state index contributed by atoms with van der Waals surface area (Å²) >= 11 is 0. The average Bonchev–Trinajstić information content (AvgIpc) is 4.15. The maximum absolute atomic E-state index is 6.91. The molecule has 4 aromatic heterocycles. The number of para-hydroxylation sites is 6. The molecule has 6 nitrogen and oxygen atoms in total. The lowest BCUT2D eigenvalue weighted by Crippen LogP contribution is -2.11. The van der Waals surface area contributed by atoms with Crippen LogP contribution in [0.3, 0.4) is 0 Å². The minimum absolute atomic E-state index is 0.0807. The SMILES string of the molecule is CC(C)(C)c1cccc2c1oc1c(N(c3ccccc3)c3ccc4c(c3)oc3cc5cc6oc7cc(N(c8ccccc8)c8cccc9c8oc8c(C(C)(C)C)cccc89)ccc7c6cc5cc34)cccc12. The van der Waals surface area contributed by atoms with Gasteiger partial charge < -0.3 is 27.5 Å². The lowest BCUT2D eigenvalue weighted by Gasteiger charge is -2.25. The van der Waals surface area contributed by atoms with Crippen LogP contribution in [0.15, 0.2) is 212 Å². The third-order valence-electron chi connectivity index (χ3n) is 14.6. The van der Waals surface area contributed by atoms with Crippen LogP contribution in [0.1, 0.15) is 52.7 Å². The van der Waals surface area contributed by atoms with Crippen molar-refractivity contribution in [3.05, 3.63) is 205 Å². The zero-order valence-electron chi connectivity index (χ0n) is 41.0. The van der Waals surface area contributed by atoms with Crippen LogP contribution >= 0.6 is 0 Å². The Morgan fingerprint density at radius 3 is 1.07 bits per heavy atom. The van der Waals surface area contributed by atoms with E-state index >= 15 is 0 Å². The smallest absolute Gasteiger partial charge is 0.159 e. The molecule has 14 rings (SSSR count). The standard InChI is InChI=1S/C66H50N2O4/c1-65(2,3)53-25-13-21-47-49-23-15-27-55(63(49)71-61(47)53)67(41-17-9-7-10-18-41)43-29-31-45-51-33-39-34-52-46-32-30-44(38-60(46)70-58(52)36-40(39)35-57(51)69-59(45)37-43)68(42-19-11-8-12-20-42)56-28-16-24-50-48-22-14-26-54(66(4,5)6)62(48)72-64(50)56/h7-38H,1-6H3. The Morgan fingerprint density at radius 2 is 0.653 bits per heavy atom. The van der Waals surface area contributed by atoms with E-state index in [1.807, 2.05) is 0 Å². The summed E-state index contributed by atoms with van der Waals surface area (Å²) in [5.74, 6) is 0. The Labute approximate surface area is 415 Å². The number of benzene rings is 10. The summed E-state index contributed by atoms with van der Waals surface area (Å²) in [5.41, 5.74) is 14.9. The summed E-state index contributed by atoms with van der Waals surface area (Å²) in [7, 11) is 0. The van der Waals surface area contributed by atoms with Crippen LogP contribution in [-0.2, 0) is 10.8 Å². The Bertz CT molecular complexity index is 4200. The quantitative estimate of drug-likeness (QED) is 0.166. The predicted octanol–water partition coefficient (Wildman–Crippen LogP) is 20.0. The second kappa shape index (κ2) is 15.4. The van der Waals surface area contributed by atoms with Crippen molar-refractivity contribution in [2.45, 2.75) is 52.4 Å². The van der Waals surface area contributed by atoms with Crippen LogP contribution in [0.5, 0.6) is 0 Å². The summed E-state index contributed by atoms with van der Waals surface area (Å²) in [5, 5.41) is 10.8. The van der Waals surface area contributed by atoms with Crippen molar-refractivity contribution in [3.8, 4) is 0 Å². The molecular formula is C66H50N2O4. The first kappa shape index (κ1) is 42.2. The molecule has 0 bridgehead atoms. The minimum Gasteiger partial charge on any atom is -0.456 e. The van der Waals surface area contributed by atoms with Gasteiger partial charge in [0.15, 0.2) is 11.2 Å². The van der Waals surface area contributed by atoms with Gasteiger partial charge in [-0.3, -0.25) is 0 Å². The predicted molar refractivity (Wildman–Crippen MR) is 300 cm³/mol. The minimum atomic E-state index is -0.0807. The Morgan fingerprint density at radius 1 is 0.278 bits per heavy atom. The highest BCUT2D eigenvalue weighted by atomic mass is 16.3. The van der Waals surface area contributed by atoms with Crippen molar-refractivity contribution >= 4 is 133 Å². The summed E-state index contributed by atoms with van der Waals surface area (Å²) in [6, 6.07) is 68.7. The van der Waals surface area contributed by atoms with Gasteiger partial charge >= 0.3 is 0 Å². The molecule has 0 radical (unpaired) electrons. The number of nitrogens with zero attached hydrogens (tertiary/aromatic N) is 2. The van der Waals surface area contributed by atoms with E-state index < -0.39 is 0 Å². The molecule has 14 aromatic rings. The number of fused-ring (bicyclic) bond motifs is 13. The number of anilines is 6. The van der Waals surface area contributed by atoms with Crippen molar-refractivity contribution in [1.82, 2.24) is 0 Å². The molecule has 0 aliphatic rings. The molecule has 348 valence electrons. The summed E-state index contributed by atoms with van der Waals surface area (Å²) in [6.45, 7) is 13.4. The molecule has 0 aliphatic heterocycles. The van der Waals surface area contributed by atoms with E-state index in [2.05, 4.69) is 245 Å². The number of furan rings is 4. The zero-order valence-corrected chi connectivity index (χ0v) is 41.0. The molecule has 0 unspecified atom stereocenters. The zero-order chi connectivity index (χ0) is 48.6. The van der Waals surface area contributed by atoms with E-state index in [4.69, 9.17) is 17.7 Å². The van der Waals surface area contributed by atoms with Crippen LogP contribution in [0, 0.1) is 0 Å². The van der Waals surface area contributed by atoms with Crippen molar-refractivity contribution < 1.29 is 17.7 Å². The van der Waals surface area contributed by atoms with Crippen LogP contribution in [0.25, 0.3) is 98.5 Å². The summed E-state index contributed by atoms with van der Waals surface area (Å²) < 4.78 is 27.4. The molecule has 0 atom stereocenters. The van der Waals surface area contributed by atoms with Gasteiger partial charge in [0.25, 0.3) is 0 Å². The van der Waals surface area contributed by atoms with Gasteiger partial charge in [-0.1, -0.05) is 139 Å². The van der Waals surface area contributed by atoms with Crippen molar-refractivity contribution in [1.29, 1.82) is 0 Å². The molecule has 0 aliphatic carbocycles. The van der Waals surface area contributed by atoms with Crippen LogP contribution < -0.4 is 9.80 Å². The van der Waals surface area contributed by atoms with Gasteiger partial charge in [0.05, 0.1) is 22.7 Å². The molecule has 0 spiro atoms. The second-order valence-corrected chi connectivity index (χ2v) is 21.3. The molecule has 0 fully saturated rings. The highest BCUT2D eigenvalue weighted by Gasteiger charge is 2.27. The molecule has 0 saturated carbocycles. The van der Waals surface area contributed by atoms with Gasteiger partial charge in [0.1, 0.15) is 33.5 Å². The lowest BCUT2D eigenvalue weighted by molar-refractivity contribution is 0.572. The molecule has 0 N–H and O–H groups in total. The first-order chi connectivity index (χ1) is 34.9. The first-order valence-corrected chi connectivity index (χ1v) is 24.8. The number of hydrogen-bond acceptors (Lipinski definition) is 6. The second-order valence-electron chi connectivity index (χ2n) is 21.3. The van der Waals surface area contributed by atoms with E-state index in [9.17, 15) is 0 Å². The van der Waals surface area contributed by atoms with Crippen LogP contribution in [0.2, 0.25) is 0 Å². The highest BCUT2D eigenvalue weighted by Crippen LogP contribution is 2.48. The number of hydrogen-bond donors (Lipinski definition) is 0. The Balaban J connectivity index is 0.874. The fraction of sp³-hybridized carbons (Fsp3) is 0.121. The van der Waals surface area contributed by atoms with Crippen LogP contribution in [-0.4, -0.2) is 0 Å². The molecular weight excluding hydrogens is 885 g/mol. The normalized spacial score (nSPS) is 12.6. The maximum atomic E-state index is 6.91. The molecule has 0 saturated heterocycles. The average molecular weight is 935 g/mol. The van der Waals surface area contributed by atoms with Gasteiger partial charge in [-0.2, -0.15) is 0 Å². The Kier molecular flexibility index (Phi) is 9.01. The van der Waals surface area contributed by atoms with Gasteiger partial charge in [-0.05, 0) is 107 Å². The largest absolute Gasteiger partial charge is 0.456 e. The van der Waals surface area contributed by atoms with Gasteiger partial charge in [-0.15, -0.1) is 0 Å². The summed E-state index contributed by atoms with van der Waals surface area (Å²) in [6.07, 6.45) is 0. The van der Waals surface area contributed by atoms with Crippen molar-refractivity contribution in [2.24, 2.45) is 0 Å². The molecule has 6 heteroatoms. The van der Waals surface area contributed by atoms with Crippen LogP contribution in [0.4, 0.5) is 34.1 Å².